The van der Waals surface area contributed by atoms with Crippen LogP contribution in [0.3, 0.4) is 0 Å². The Kier molecular flexibility index (Phi) is 5.39. The summed E-state index contributed by atoms with van der Waals surface area (Å²) < 4.78 is 10.6. The summed E-state index contributed by atoms with van der Waals surface area (Å²) in [6, 6.07) is 3.91. The Morgan fingerprint density at radius 3 is 2.67 bits per heavy atom. The SMILES string of the molecule is CCN(CCOC)Cc1ccc(CN)o1. The van der Waals surface area contributed by atoms with Gasteiger partial charge in [-0.15, -0.1) is 0 Å². The molecule has 4 heteroatoms. The quantitative estimate of drug-likeness (QED) is 0.738. The zero-order chi connectivity index (χ0) is 11.1. The lowest BCUT2D eigenvalue weighted by atomic mass is 10.4. The predicted molar refractivity (Wildman–Crippen MR) is 59.4 cm³/mol. The molecule has 0 atom stereocenters. The molecular formula is C11H20N2O2. The van der Waals surface area contributed by atoms with Gasteiger partial charge in [0, 0.05) is 13.7 Å². The second kappa shape index (κ2) is 6.61. The third-order valence-corrected chi connectivity index (χ3v) is 2.36. The summed E-state index contributed by atoms with van der Waals surface area (Å²) in [5.74, 6) is 1.81. The average molecular weight is 212 g/mol. The molecular weight excluding hydrogens is 192 g/mol. The first-order valence-electron chi connectivity index (χ1n) is 5.29. The van der Waals surface area contributed by atoms with E-state index >= 15 is 0 Å². The monoisotopic (exact) mass is 212 g/mol. The minimum Gasteiger partial charge on any atom is -0.463 e. The van der Waals surface area contributed by atoms with E-state index in [2.05, 4.69) is 11.8 Å². The fourth-order valence-corrected chi connectivity index (χ4v) is 1.41. The van der Waals surface area contributed by atoms with E-state index < -0.39 is 0 Å². The second-order valence-electron chi connectivity index (χ2n) is 3.43. The molecule has 0 aliphatic rings. The van der Waals surface area contributed by atoms with Crippen LogP contribution < -0.4 is 5.73 Å². The summed E-state index contributed by atoms with van der Waals surface area (Å²) in [6.45, 7) is 6.07. The molecule has 0 unspecified atom stereocenters. The Labute approximate surface area is 91.0 Å². The van der Waals surface area contributed by atoms with Crippen LogP contribution in [0.1, 0.15) is 18.4 Å². The van der Waals surface area contributed by atoms with Gasteiger partial charge in [-0.05, 0) is 18.7 Å². The smallest absolute Gasteiger partial charge is 0.118 e. The van der Waals surface area contributed by atoms with Gasteiger partial charge in [0.1, 0.15) is 11.5 Å². The third-order valence-electron chi connectivity index (χ3n) is 2.36. The Hall–Kier alpha value is -0.840. The predicted octanol–water partition coefficient (Wildman–Crippen LogP) is 1.21. The highest BCUT2D eigenvalue weighted by Gasteiger charge is 2.06. The molecule has 0 saturated heterocycles. The molecule has 0 spiro atoms. The van der Waals surface area contributed by atoms with Gasteiger partial charge in [0.15, 0.2) is 0 Å². The molecule has 1 heterocycles. The number of hydrogen-bond acceptors (Lipinski definition) is 4. The van der Waals surface area contributed by atoms with Gasteiger partial charge in [-0.2, -0.15) is 0 Å². The minimum atomic E-state index is 0.462. The number of furan rings is 1. The Morgan fingerprint density at radius 1 is 1.40 bits per heavy atom. The molecule has 15 heavy (non-hydrogen) atoms. The van der Waals surface area contributed by atoms with E-state index in [0.29, 0.717) is 6.54 Å². The Balaban J connectivity index is 2.43. The van der Waals surface area contributed by atoms with Crippen molar-refractivity contribution in [2.24, 2.45) is 5.73 Å². The third kappa shape index (κ3) is 4.03. The van der Waals surface area contributed by atoms with Crippen LogP contribution in [0.5, 0.6) is 0 Å². The number of likely N-dealkylation sites (N-methyl/N-ethyl adjacent to an activating group) is 1. The number of nitrogens with two attached hydrogens (primary N) is 1. The van der Waals surface area contributed by atoms with Gasteiger partial charge in [-0.1, -0.05) is 6.92 Å². The fraction of sp³-hybridized carbons (Fsp3) is 0.636. The van der Waals surface area contributed by atoms with Crippen molar-refractivity contribution in [1.29, 1.82) is 0 Å². The summed E-state index contributed by atoms with van der Waals surface area (Å²) >= 11 is 0. The second-order valence-corrected chi connectivity index (χ2v) is 3.43. The van der Waals surface area contributed by atoms with Gasteiger partial charge in [0.05, 0.1) is 19.7 Å². The van der Waals surface area contributed by atoms with Gasteiger partial charge in [0.25, 0.3) is 0 Å². The van der Waals surface area contributed by atoms with Gasteiger partial charge >= 0.3 is 0 Å². The van der Waals surface area contributed by atoms with Gasteiger partial charge in [-0.25, -0.2) is 0 Å². The molecule has 0 radical (unpaired) electrons. The standard InChI is InChI=1S/C11H20N2O2/c1-3-13(6-7-14-2)9-11-5-4-10(8-12)15-11/h4-5H,3,6-9,12H2,1-2H3. The molecule has 0 aliphatic carbocycles. The molecule has 0 aliphatic heterocycles. The lowest BCUT2D eigenvalue weighted by molar-refractivity contribution is 0.142. The molecule has 0 aromatic carbocycles. The van der Waals surface area contributed by atoms with Crippen molar-refractivity contribution >= 4 is 0 Å². The van der Waals surface area contributed by atoms with Crippen molar-refractivity contribution in [2.45, 2.75) is 20.0 Å². The highest BCUT2D eigenvalue weighted by Crippen LogP contribution is 2.09. The van der Waals surface area contributed by atoms with Crippen molar-refractivity contribution in [2.75, 3.05) is 26.8 Å². The fourth-order valence-electron chi connectivity index (χ4n) is 1.41. The zero-order valence-electron chi connectivity index (χ0n) is 9.53. The number of ether oxygens (including phenoxy) is 1. The van der Waals surface area contributed by atoms with E-state index in [1.165, 1.54) is 0 Å². The molecule has 2 N–H and O–H groups in total. The topological polar surface area (TPSA) is 51.6 Å². The van der Waals surface area contributed by atoms with Crippen LogP contribution in [0.4, 0.5) is 0 Å². The minimum absolute atomic E-state index is 0.462. The van der Waals surface area contributed by atoms with E-state index in [9.17, 15) is 0 Å². The van der Waals surface area contributed by atoms with Crippen LogP contribution in [-0.2, 0) is 17.8 Å². The maximum atomic E-state index is 5.54. The van der Waals surface area contributed by atoms with Crippen LogP contribution in [0.25, 0.3) is 0 Å². The molecule has 0 fully saturated rings. The number of hydrogen-bond donors (Lipinski definition) is 1. The summed E-state index contributed by atoms with van der Waals surface area (Å²) in [5, 5.41) is 0. The van der Waals surface area contributed by atoms with Gasteiger partial charge in [-0.3, -0.25) is 4.90 Å². The first kappa shape index (κ1) is 12.2. The van der Waals surface area contributed by atoms with E-state index in [-0.39, 0.29) is 0 Å². The van der Waals surface area contributed by atoms with E-state index in [1.54, 1.807) is 7.11 Å². The highest BCUT2D eigenvalue weighted by atomic mass is 16.5. The van der Waals surface area contributed by atoms with Gasteiger partial charge in [0.2, 0.25) is 0 Å². The van der Waals surface area contributed by atoms with Crippen molar-refractivity contribution in [3.05, 3.63) is 23.7 Å². The molecule has 0 amide bonds. The maximum Gasteiger partial charge on any atom is 0.118 e. The van der Waals surface area contributed by atoms with Crippen LogP contribution in [0, 0.1) is 0 Å². The first-order valence-corrected chi connectivity index (χ1v) is 5.29. The molecule has 1 rings (SSSR count). The van der Waals surface area contributed by atoms with Crippen LogP contribution in [0.2, 0.25) is 0 Å². The maximum absolute atomic E-state index is 5.54. The van der Waals surface area contributed by atoms with Crippen molar-refractivity contribution in [3.8, 4) is 0 Å². The Morgan fingerprint density at radius 2 is 2.13 bits per heavy atom. The van der Waals surface area contributed by atoms with Crippen molar-refractivity contribution in [1.82, 2.24) is 4.90 Å². The Bertz CT molecular complexity index is 273. The van der Waals surface area contributed by atoms with Crippen molar-refractivity contribution < 1.29 is 9.15 Å². The molecule has 1 aromatic rings. The largest absolute Gasteiger partial charge is 0.463 e. The molecule has 86 valence electrons. The molecule has 4 nitrogen and oxygen atoms in total. The molecule has 0 saturated carbocycles. The van der Waals surface area contributed by atoms with Crippen LogP contribution in [-0.4, -0.2) is 31.7 Å². The summed E-state index contributed by atoms with van der Waals surface area (Å²) in [6.07, 6.45) is 0. The van der Waals surface area contributed by atoms with Crippen LogP contribution >= 0.6 is 0 Å². The van der Waals surface area contributed by atoms with E-state index in [4.69, 9.17) is 14.9 Å². The highest BCUT2D eigenvalue weighted by molar-refractivity contribution is 5.06. The first-order chi connectivity index (χ1) is 7.30. The molecule has 1 aromatic heterocycles. The lowest BCUT2D eigenvalue weighted by Gasteiger charge is -2.18. The van der Waals surface area contributed by atoms with E-state index in [1.807, 2.05) is 12.1 Å². The summed E-state index contributed by atoms with van der Waals surface area (Å²) in [4.78, 5) is 2.27. The van der Waals surface area contributed by atoms with E-state index in [0.717, 1.165) is 37.8 Å². The molecule has 0 bridgehead atoms. The normalized spacial score (nSPS) is 11.2. The van der Waals surface area contributed by atoms with Crippen molar-refractivity contribution in [3.63, 3.8) is 0 Å². The number of nitrogens with zero attached hydrogens (tertiary/aromatic N) is 1. The van der Waals surface area contributed by atoms with Gasteiger partial charge < -0.3 is 14.9 Å². The number of rotatable bonds is 7. The summed E-state index contributed by atoms with van der Waals surface area (Å²) in [5.41, 5.74) is 5.48. The zero-order valence-corrected chi connectivity index (χ0v) is 9.53. The van der Waals surface area contributed by atoms with Crippen LogP contribution in [0.15, 0.2) is 16.5 Å². The average Bonchev–Trinajstić information content (AvgIpc) is 2.71. The number of methoxy groups -OCH3 is 1. The lowest BCUT2D eigenvalue weighted by Crippen LogP contribution is -2.26. The summed E-state index contributed by atoms with van der Waals surface area (Å²) in [7, 11) is 1.72.